The Morgan fingerprint density at radius 3 is 2.67 bits per heavy atom. The number of carbonyl (C=O) groups excluding carboxylic acids is 1. The molecule has 1 saturated heterocycles. The molecule has 3 unspecified atom stereocenters. The third-order valence-corrected chi connectivity index (χ3v) is 4.01. The van der Waals surface area contributed by atoms with Gasteiger partial charge in [-0.15, -0.1) is 0 Å². The zero-order chi connectivity index (χ0) is 13.0. The van der Waals surface area contributed by atoms with Crippen LogP contribution in [0.15, 0.2) is 30.3 Å². The van der Waals surface area contributed by atoms with Crippen LogP contribution in [0, 0.1) is 11.8 Å². The van der Waals surface area contributed by atoms with Gasteiger partial charge in [-0.05, 0) is 23.8 Å². The molecule has 2 rings (SSSR count). The van der Waals surface area contributed by atoms with E-state index in [1.807, 2.05) is 6.07 Å². The van der Waals surface area contributed by atoms with E-state index < -0.39 is 0 Å². The lowest BCUT2D eigenvalue weighted by atomic mass is 9.83. The summed E-state index contributed by atoms with van der Waals surface area (Å²) in [5.74, 6) is 1.34. The van der Waals surface area contributed by atoms with Gasteiger partial charge in [-0.3, -0.25) is 4.90 Å². The zero-order valence-electron chi connectivity index (χ0n) is 11.4. The molecule has 0 bridgehead atoms. The molecule has 1 aliphatic rings. The molecule has 18 heavy (non-hydrogen) atoms. The minimum atomic E-state index is 0.416. The second kappa shape index (κ2) is 6.14. The number of hydrogen-bond acceptors (Lipinski definition) is 2. The second-order valence-corrected chi connectivity index (χ2v) is 5.70. The van der Waals surface area contributed by atoms with Crippen LogP contribution < -0.4 is 0 Å². The Hall–Kier alpha value is -1.15. The Balaban J connectivity index is 2.09. The van der Waals surface area contributed by atoms with Gasteiger partial charge in [0, 0.05) is 25.6 Å². The van der Waals surface area contributed by atoms with E-state index >= 15 is 0 Å². The first-order valence-corrected chi connectivity index (χ1v) is 6.92. The third-order valence-electron chi connectivity index (χ3n) is 4.01. The fourth-order valence-electron chi connectivity index (χ4n) is 3.24. The van der Waals surface area contributed by atoms with Gasteiger partial charge >= 0.3 is 0 Å². The summed E-state index contributed by atoms with van der Waals surface area (Å²) in [6.07, 6.45) is 2.99. The quantitative estimate of drug-likeness (QED) is 0.760. The molecule has 98 valence electrons. The number of hydrogen-bond donors (Lipinski definition) is 0. The lowest BCUT2D eigenvalue weighted by Crippen LogP contribution is -2.47. The Bertz CT molecular complexity index is 376. The van der Waals surface area contributed by atoms with Gasteiger partial charge in [-0.25, -0.2) is 0 Å². The van der Waals surface area contributed by atoms with E-state index in [4.69, 9.17) is 0 Å². The van der Waals surface area contributed by atoms with Crippen molar-refractivity contribution in [3.05, 3.63) is 35.9 Å². The van der Waals surface area contributed by atoms with Crippen molar-refractivity contribution >= 4 is 6.29 Å². The molecule has 1 aromatic rings. The average Bonchev–Trinajstić information content (AvgIpc) is 2.35. The standard InChI is InChI=1S/C16H23NO/c1-13-10-14(2)16(8-9-18)17(11-13)12-15-6-4-3-5-7-15/h3-7,9,13-14,16H,8,10-12H2,1-2H3. The van der Waals surface area contributed by atoms with E-state index in [1.54, 1.807) is 0 Å². The predicted octanol–water partition coefficient (Wildman–Crippen LogP) is 3.12. The highest BCUT2D eigenvalue weighted by molar-refractivity contribution is 5.50. The highest BCUT2D eigenvalue weighted by atomic mass is 16.1. The molecule has 1 aromatic carbocycles. The number of nitrogens with zero attached hydrogens (tertiary/aromatic N) is 1. The lowest BCUT2D eigenvalue weighted by Gasteiger charge is -2.42. The van der Waals surface area contributed by atoms with Crippen molar-refractivity contribution in [2.24, 2.45) is 11.8 Å². The van der Waals surface area contributed by atoms with Gasteiger partial charge in [0.15, 0.2) is 0 Å². The van der Waals surface area contributed by atoms with E-state index in [-0.39, 0.29) is 0 Å². The molecule has 2 nitrogen and oxygen atoms in total. The fraction of sp³-hybridized carbons (Fsp3) is 0.562. The molecule has 1 fully saturated rings. The molecule has 0 saturated carbocycles. The monoisotopic (exact) mass is 245 g/mol. The first-order chi connectivity index (χ1) is 8.70. The molecular formula is C16H23NO. The van der Waals surface area contributed by atoms with Crippen molar-refractivity contribution in [3.8, 4) is 0 Å². The maximum absolute atomic E-state index is 10.9. The topological polar surface area (TPSA) is 20.3 Å². The number of aldehydes is 1. The summed E-state index contributed by atoms with van der Waals surface area (Å²) >= 11 is 0. The molecule has 0 aliphatic carbocycles. The zero-order valence-corrected chi connectivity index (χ0v) is 11.4. The van der Waals surface area contributed by atoms with Crippen molar-refractivity contribution < 1.29 is 4.79 Å². The summed E-state index contributed by atoms with van der Waals surface area (Å²) in [7, 11) is 0. The van der Waals surface area contributed by atoms with Crippen LogP contribution in [0.25, 0.3) is 0 Å². The van der Waals surface area contributed by atoms with Crippen LogP contribution in [-0.2, 0) is 11.3 Å². The molecule has 0 aromatic heterocycles. The predicted molar refractivity (Wildman–Crippen MR) is 74.3 cm³/mol. The van der Waals surface area contributed by atoms with Crippen molar-refractivity contribution in [1.82, 2.24) is 4.90 Å². The van der Waals surface area contributed by atoms with Crippen LogP contribution >= 0.6 is 0 Å². The van der Waals surface area contributed by atoms with Crippen molar-refractivity contribution in [2.45, 2.75) is 39.3 Å². The van der Waals surface area contributed by atoms with Crippen LogP contribution in [-0.4, -0.2) is 23.8 Å². The Morgan fingerprint density at radius 2 is 2.00 bits per heavy atom. The van der Waals surface area contributed by atoms with Crippen molar-refractivity contribution in [1.29, 1.82) is 0 Å². The van der Waals surface area contributed by atoms with Gasteiger partial charge in [0.2, 0.25) is 0 Å². The van der Waals surface area contributed by atoms with Gasteiger partial charge in [0.1, 0.15) is 6.29 Å². The number of carbonyl (C=O) groups is 1. The average molecular weight is 245 g/mol. The molecule has 0 amide bonds. The van der Waals surface area contributed by atoms with E-state index in [9.17, 15) is 4.79 Å². The first kappa shape index (κ1) is 13.3. The molecule has 1 aliphatic heterocycles. The summed E-state index contributed by atoms with van der Waals surface area (Å²) in [5.41, 5.74) is 1.34. The summed E-state index contributed by atoms with van der Waals surface area (Å²) in [5, 5.41) is 0. The smallest absolute Gasteiger partial charge is 0.121 e. The molecular weight excluding hydrogens is 222 g/mol. The first-order valence-electron chi connectivity index (χ1n) is 6.92. The van der Waals surface area contributed by atoms with Crippen molar-refractivity contribution in [2.75, 3.05) is 6.54 Å². The number of piperidine rings is 1. The summed E-state index contributed by atoms with van der Waals surface area (Å²) in [6.45, 7) is 6.67. The Labute approximate surface area is 110 Å². The third kappa shape index (κ3) is 3.20. The van der Waals surface area contributed by atoms with Gasteiger partial charge in [0.05, 0.1) is 0 Å². The van der Waals surface area contributed by atoms with Crippen LogP contribution in [0.3, 0.4) is 0 Å². The molecule has 0 radical (unpaired) electrons. The summed E-state index contributed by atoms with van der Waals surface area (Å²) < 4.78 is 0. The normalized spacial score (nSPS) is 29.1. The van der Waals surface area contributed by atoms with E-state index in [0.29, 0.717) is 18.4 Å². The Morgan fingerprint density at radius 1 is 1.28 bits per heavy atom. The van der Waals surface area contributed by atoms with Crippen LogP contribution in [0.4, 0.5) is 0 Å². The van der Waals surface area contributed by atoms with E-state index in [2.05, 4.69) is 43.0 Å². The maximum atomic E-state index is 10.9. The number of rotatable bonds is 4. The van der Waals surface area contributed by atoms with Gasteiger partial charge in [-0.2, -0.15) is 0 Å². The van der Waals surface area contributed by atoms with E-state index in [1.165, 1.54) is 12.0 Å². The minimum Gasteiger partial charge on any atom is -0.303 e. The summed E-state index contributed by atoms with van der Waals surface area (Å²) in [6, 6.07) is 11.0. The maximum Gasteiger partial charge on any atom is 0.121 e. The SMILES string of the molecule is CC1CC(C)C(CC=O)N(Cc2ccccc2)C1. The second-order valence-electron chi connectivity index (χ2n) is 5.70. The van der Waals surface area contributed by atoms with Gasteiger partial charge in [-0.1, -0.05) is 44.2 Å². The van der Waals surface area contributed by atoms with Crippen LogP contribution in [0.5, 0.6) is 0 Å². The number of benzene rings is 1. The summed E-state index contributed by atoms with van der Waals surface area (Å²) in [4.78, 5) is 13.4. The molecule has 0 N–H and O–H groups in total. The molecule has 0 spiro atoms. The van der Waals surface area contributed by atoms with Crippen LogP contribution in [0.2, 0.25) is 0 Å². The highest BCUT2D eigenvalue weighted by Gasteiger charge is 2.31. The molecule has 3 atom stereocenters. The number of likely N-dealkylation sites (tertiary alicyclic amines) is 1. The largest absolute Gasteiger partial charge is 0.303 e. The van der Waals surface area contributed by atoms with Crippen molar-refractivity contribution in [3.63, 3.8) is 0 Å². The minimum absolute atomic E-state index is 0.416. The fourth-order valence-corrected chi connectivity index (χ4v) is 3.24. The lowest BCUT2D eigenvalue weighted by molar-refractivity contribution is -0.110. The Kier molecular flexibility index (Phi) is 4.54. The van der Waals surface area contributed by atoms with E-state index in [0.717, 1.165) is 25.3 Å². The van der Waals surface area contributed by atoms with Gasteiger partial charge in [0.25, 0.3) is 0 Å². The van der Waals surface area contributed by atoms with Gasteiger partial charge < -0.3 is 4.79 Å². The molecule has 2 heteroatoms. The molecule has 1 heterocycles. The highest BCUT2D eigenvalue weighted by Crippen LogP contribution is 2.29. The van der Waals surface area contributed by atoms with Crippen LogP contribution in [0.1, 0.15) is 32.3 Å².